The van der Waals surface area contributed by atoms with Gasteiger partial charge in [-0.25, -0.2) is 0 Å². The molecule has 33 heavy (non-hydrogen) atoms. The van der Waals surface area contributed by atoms with Gasteiger partial charge in [0.1, 0.15) is 0 Å². The lowest BCUT2D eigenvalue weighted by Crippen LogP contribution is -2.41. The molecular formula is C25H24N6O2. The van der Waals surface area contributed by atoms with Crippen LogP contribution in [0.25, 0.3) is 22.2 Å². The van der Waals surface area contributed by atoms with Crippen molar-refractivity contribution in [2.24, 2.45) is 17.6 Å². The summed E-state index contributed by atoms with van der Waals surface area (Å²) in [6, 6.07) is 19.9. The third-order valence-electron chi connectivity index (χ3n) is 6.57. The summed E-state index contributed by atoms with van der Waals surface area (Å²) in [5, 5.41) is 16.4. The van der Waals surface area contributed by atoms with E-state index in [-0.39, 0.29) is 5.91 Å². The van der Waals surface area contributed by atoms with Crippen molar-refractivity contribution in [2.45, 2.75) is 26.3 Å². The second-order valence-electron chi connectivity index (χ2n) is 8.44. The Kier molecular flexibility index (Phi) is 5.34. The molecule has 8 nitrogen and oxygen atoms in total. The van der Waals surface area contributed by atoms with Gasteiger partial charge in [-0.1, -0.05) is 61.5 Å². The van der Waals surface area contributed by atoms with Crippen molar-refractivity contribution in [1.82, 2.24) is 20.6 Å². The average molecular weight is 441 g/mol. The second kappa shape index (κ2) is 8.46. The number of anilines is 1. The number of nitrogens with two attached hydrogens (primary N) is 1. The summed E-state index contributed by atoms with van der Waals surface area (Å²) in [7, 11) is 0. The highest BCUT2D eigenvalue weighted by Crippen LogP contribution is 2.35. The first-order valence-corrected chi connectivity index (χ1v) is 11.0. The first-order chi connectivity index (χ1) is 16.0. The van der Waals surface area contributed by atoms with Crippen molar-refractivity contribution in [2.75, 3.05) is 4.90 Å². The van der Waals surface area contributed by atoms with E-state index in [1.807, 2.05) is 65.6 Å². The highest BCUT2D eigenvalue weighted by Gasteiger charge is 2.36. The van der Waals surface area contributed by atoms with Crippen molar-refractivity contribution in [1.29, 1.82) is 0 Å². The molecule has 1 aromatic heterocycles. The van der Waals surface area contributed by atoms with Crippen LogP contribution in [0.2, 0.25) is 0 Å². The zero-order chi connectivity index (χ0) is 22.9. The number of aromatic nitrogens is 4. The minimum absolute atomic E-state index is 0.0717. The molecule has 0 fully saturated rings. The molecule has 2 heterocycles. The average Bonchev–Trinajstić information content (AvgIpc) is 3.33. The summed E-state index contributed by atoms with van der Waals surface area (Å²) in [5.74, 6) is -0.998. The molecule has 3 aromatic carbocycles. The summed E-state index contributed by atoms with van der Waals surface area (Å²) in [6.45, 7) is 2.12. The second-order valence-corrected chi connectivity index (χ2v) is 8.44. The Hall–Kier alpha value is -4.07. The van der Waals surface area contributed by atoms with Gasteiger partial charge >= 0.3 is 0 Å². The van der Waals surface area contributed by atoms with Crippen molar-refractivity contribution < 1.29 is 9.59 Å². The Labute approximate surface area is 190 Å². The number of hydrogen-bond acceptors (Lipinski definition) is 5. The lowest BCUT2D eigenvalue weighted by molar-refractivity contribution is -0.131. The number of benzene rings is 3. The van der Waals surface area contributed by atoms with E-state index in [0.717, 1.165) is 39.6 Å². The summed E-state index contributed by atoms with van der Waals surface area (Å²) in [6.07, 6.45) is 1.31. The summed E-state index contributed by atoms with van der Waals surface area (Å²) in [4.78, 5) is 27.5. The van der Waals surface area contributed by atoms with Gasteiger partial charge in [-0.15, -0.1) is 10.2 Å². The number of hydrogen-bond donors (Lipinski definition) is 2. The molecule has 0 bridgehead atoms. The first kappa shape index (κ1) is 20.8. The molecule has 2 atom stereocenters. The topological polar surface area (TPSA) is 118 Å². The van der Waals surface area contributed by atoms with E-state index in [2.05, 4.69) is 20.6 Å². The number of amides is 2. The van der Waals surface area contributed by atoms with Crippen LogP contribution in [-0.4, -0.2) is 32.4 Å². The van der Waals surface area contributed by atoms with E-state index in [9.17, 15) is 9.59 Å². The monoisotopic (exact) mass is 440 g/mol. The number of rotatable bonds is 5. The Balaban J connectivity index is 1.60. The number of carbonyl (C=O) groups excluding carboxylic acids is 2. The number of nitrogens with zero attached hydrogens (tertiary/aromatic N) is 4. The molecule has 0 spiro atoms. The molecule has 166 valence electrons. The van der Waals surface area contributed by atoms with Gasteiger partial charge in [0.25, 0.3) is 0 Å². The normalized spacial score (nSPS) is 16.9. The van der Waals surface area contributed by atoms with E-state index in [1.165, 1.54) is 0 Å². The van der Waals surface area contributed by atoms with Gasteiger partial charge in [0, 0.05) is 17.2 Å². The number of H-pyrrole nitrogens is 1. The van der Waals surface area contributed by atoms with Gasteiger partial charge in [-0.3, -0.25) is 9.59 Å². The van der Waals surface area contributed by atoms with Crippen LogP contribution in [0.4, 0.5) is 5.69 Å². The standard InChI is InChI=1S/C25H24N6O2/c1-15(23(26)32)18-13-12-16-6-2-3-11-22(16)31(25(18)33)14-17-7-4-9-20-19(17)8-5-10-21(20)24-27-29-30-28-24/h2-11,15,18H,12-14H2,1H3,(H2,26,32)(H,27,28,29,30)/t15?,18-/m0/s1. The number of tetrazole rings is 1. The van der Waals surface area contributed by atoms with E-state index in [0.29, 0.717) is 18.8 Å². The van der Waals surface area contributed by atoms with Gasteiger partial charge < -0.3 is 10.6 Å². The van der Waals surface area contributed by atoms with Gasteiger partial charge in [0.05, 0.1) is 12.5 Å². The fourth-order valence-electron chi connectivity index (χ4n) is 4.72. The van der Waals surface area contributed by atoms with Crippen LogP contribution >= 0.6 is 0 Å². The van der Waals surface area contributed by atoms with Gasteiger partial charge in [-0.05, 0) is 46.0 Å². The number of aryl methyl sites for hydroxylation is 1. The molecule has 0 aliphatic carbocycles. The molecule has 1 aliphatic rings. The molecule has 1 aliphatic heterocycles. The first-order valence-electron chi connectivity index (χ1n) is 11.0. The third-order valence-corrected chi connectivity index (χ3v) is 6.57. The highest BCUT2D eigenvalue weighted by atomic mass is 16.2. The quantitative estimate of drug-likeness (QED) is 0.494. The molecule has 2 amide bonds. The van der Waals surface area contributed by atoms with Crippen molar-refractivity contribution in [3.8, 4) is 11.4 Å². The van der Waals surface area contributed by atoms with Crippen LogP contribution in [0.1, 0.15) is 24.5 Å². The molecule has 4 aromatic rings. The minimum atomic E-state index is -0.535. The van der Waals surface area contributed by atoms with Gasteiger partial charge in [0.2, 0.25) is 17.6 Å². The third kappa shape index (κ3) is 3.73. The van der Waals surface area contributed by atoms with Gasteiger partial charge in [-0.2, -0.15) is 5.21 Å². The van der Waals surface area contributed by atoms with Crippen molar-refractivity contribution >= 4 is 28.3 Å². The van der Waals surface area contributed by atoms with E-state index < -0.39 is 17.7 Å². The predicted molar refractivity (Wildman–Crippen MR) is 125 cm³/mol. The van der Waals surface area contributed by atoms with Crippen LogP contribution in [-0.2, 0) is 22.6 Å². The SMILES string of the molecule is CC(C(N)=O)[C@@H]1CCc2ccccc2N(Cc2cccc3c(-c4nn[nH]n4)cccc23)C1=O. The van der Waals surface area contributed by atoms with Crippen LogP contribution in [0, 0.1) is 11.8 Å². The predicted octanol–water partition coefficient (Wildman–Crippen LogP) is 3.24. The van der Waals surface area contributed by atoms with Crippen LogP contribution in [0.15, 0.2) is 60.7 Å². The van der Waals surface area contributed by atoms with Crippen molar-refractivity contribution in [3.05, 3.63) is 71.8 Å². The fraction of sp³-hybridized carbons (Fsp3) is 0.240. The fourth-order valence-corrected chi connectivity index (χ4v) is 4.72. The minimum Gasteiger partial charge on any atom is -0.369 e. The largest absolute Gasteiger partial charge is 0.369 e. The molecule has 5 rings (SSSR count). The Morgan fingerprint density at radius 3 is 2.70 bits per heavy atom. The number of carbonyl (C=O) groups is 2. The molecule has 3 N–H and O–H groups in total. The number of para-hydroxylation sites is 1. The van der Waals surface area contributed by atoms with E-state index in [1.54, 1.807) is 6.92 Å². The maximum absolute atomic E-state index is 13.7. The Morgan fingerprint density at radius 1 is 1.12 bits per heavy atom. The molecule has 0 saturated heterocycles. The van der Waals surface area contributed by atoms with E-state index >= 15 is 0 Å². The number of nitrogens with one attached hydrogen (secondary N) is 1. The Bertz CT molecular complexity index is 1330. The van der Waals surface area contributed by atoms with Crippen molar-refractivity contribution in [3.63, 3.8) is 0 Å². The van der Waals surface area contributed by atoms with Crippen LogP contribution < -0.4 is 10.6 Å². The molecule has 0 saturated carbocycles. The number of primary amides is 1. The van der Waals surface area contributed by atoms with Crippen LogP contribution in [0.5, 0.6) is 0 Å². The molecular weight excluding hydrogens is 416 g/mol. The summed E-state index contributed by atoms with van der Waals surface area (Å²) >= 11 is 0. The zero-order valence-electron chi connectivity index (χ0n) is 18.2. The maximum Gasteiger partial charge on any atom is 0.231 e. The lowest BCUT2D eigenvalue weighted by atomic mass is 9.88. The van der Waals surface area contributed by atoms with Gasteiger partial charge in [0.15, 0.2) is 0 Å². The maximum atomic E-state index is 13.7. The molecule has 1 unspecified atom stereocenters. The summed E-state index contributed by atoms with van der Waals surface area (Å²) < 4.78 is 0. The highest BCUT2D eigenvalue weighted by molar-refractivity contribution is 6.01. The molecule has 0 radical (unpaired) electrons. The summed E-state index contributed by atoms with van der Waals surface area (Å²) in [5.41, 5.74) is 9.43. The number of aromatic amines is 1. The lowest BCUT2D eigenvalue weighted by Gasteiger charge is -2.28. The van der Waals surface area contributed by atoms with E-state index in [4.69, 9.17) is 5.73 Å². The smallest absolute Gasteiger partial charge is 0.231 e. The number of fused-ring (bicyclic) bond motifs is 2. The zero-order valence-corrected chi connectivity index (χ0v) is 18.2. The Morgan fingerprint density at radius 2 is 1.91 bits per heavy atom. The molecule has 8 heteroatoms. The van der Waals surface area contributed by atoms with Crippen LogP contribution in [0.3, 0.4) is 0 Å².